The number of likely N-dealkylation sites (tertiary alicyclic amines) is 1. The first-order valence-corrected chi connectivity index (χ1v) is 9.69. The molecule has 0 spiro atoms. The summed E-state index contributed by atoms with van der Waals surface area (Å²) < 4.78 is 6.06. The van der Waals surface area contributed by atoms with Crippen LogP contribution in [-0.4, -0.2) is 35.7 Å². The molecule has 0 N–H and O–H groups in total. The monoisotopic (exact) mass is 340 g/mol. The molecular formula is C20H24N2OS. The molecule has 0 aromatic carbocycles. The predicted octanol–water partition coefficient (Wildman–Crippen LogP) is 3.92. The molecule has 0 radical (unpaired) electrons. The molecule has 2 aliphatic rings. The normalized spacial score (nSPS) is 27.1. The summed E-state index contributed by atoms with van der Waals surface area (Å²) in [6, 6.07) is 6.45. The second kappa shape index (κ2) is 7.18. The van der Waals surface area contributed by atoms with Crippen LogP contribution in [0.4, 0.5) is 0 Å². The maximum absolute atomic E-state index is 6.06. The third-order valence-electron chi connectivity index (χ3n) is 5.37. The Kier molecular flexibility index (Phi) is 4.79. The molecule has 126 valence electrons. The summed E-state index contributed by atoms with van der Waals surface area (Å²) in [5.41, 5.74) is 3.01. The van der Waals surface area contributed by atoms with Crippen LogP contribution in [0.5, 0.6) is 0 Å². The summed E-state index contributed by atoms with van der Waals surface area (Å²) in [6.07, 6.45) is 12.1. The van der Waals surface area contributed by atoms with Gasteiger partial charge in [0.2, 0.25) is 0 Å². The highest BCUT2D eigenvalue weighted by molar-refractivity contribution is 7.07. The van der Waals surface area contributed by atoms with Gasteiger partial charge < -0.3 is 4.74 Å². The van der Waals surface area contributed by atoms with Gasteiger partial charge in [0.15, 0.2) is 0 Å². The molecule has 2 aliphatic heterocycles. The molecule has 1 saturated heterocycles. The molecule has 2 unspecified atom stereocenters. The quantitative estimate of drug-likeness (QED) is 0.745. The van der Waals surface area contributed by atoms with Crippen molar-refractivity contribution in [3.05, 3.63) is 64.6 Å². The van der Waals surface area contributed by atoms with Crippen molar-refractivity contribution in [3.63, 3.8) is 0 Å². The zero-order valence-corrected chi connectivity index (χ0v) is 14.8. The van der Waals surface area contributed by atoms with Crippen LogP contribution in [0.25, 0.3) is 0 Å². The summed E-state index contributed by atoms with van der Waals surface area (Å²) in [5, 5.41) is 4.46. The van der Waals surface area contributed by atoms with E-state index in [2.05, 4.69) is 44.9 Å². The van der Waals surface area contributed by atoms with E-state index in [9.17, 15) is 0 Å². The summed E-state index contributed by atoms with van der Waals surface area (Å²) in [7, 11) is 0. The maximum atomic E-state index is 6.06. The smallest absolute Gasteiger partial charge is 0.0829 e. The maximum Gasteiger partial charge on any atom is 0.0829 e. The number of aromatic nitrogens is 1. The van der Waals surface area contributed by atoms with E-state index in [0.29, 0.717) is 0 Å². The molecule has 4 heterocycles. The predicted molar refractivity (Wildman–Crippen MR) is 98.1 cm³/mol. The largest absolute Gasteiger partial charge is 0.369 e. The van der Waals surface area contributed by atoms with Gasteiger partial charge in [-0.1, -0.05) is 18.2 Å². The summed E-state index contributed by atoms with van der Waals surface area (Å²) >= 11 is 1.79. The van der Waals surface area contributed by atoms with E-state index in [-0.39, 0.29) is 11.5 Å². The molecule has 4 heteroatoms. The number of hydrogen-bond donors (Lipinski definition) is 0. The lowest BCUT2D eigenvalue weighted by Gasteiger charge is -2.34. The van der Waals surface area contributed by atoms with E-state index >= 15 is 0 Å². The number of rotatable bonds is 6. The topological polar surface area (TPSA) is 25.4 Å². The van der Waals surface area contributed by atoms with Crippen molar-refractivity contribution in [1.29, 1.82) is 0 Å². The Morgan fingerprint density at radius 3 is 3.08 bits per heavy atom. The van der Waals surface area contributed by atoms with Gasteiger partial charge in [0.25, 0.3) is 0 Å². The van der Waals surface area contributed by atoms with Crippen LogP contribution in [0.15, 0.2) is 53.5 Å². The molecule has 2 atom stereocenters. The lowest BCUT2D eigenvalue weighted by Crippen LogP contribution is -2.38. The molecule has 0 aliphatic carbocycles. The number of ether oxygens (including phenoxy) is 1. The number of thiophene rings is 1. The number of pyridine rings is 1. The van der Waals surface area contributed by atoms with Crippen LogP contribution >= 0.6 is 11.3 Å². The van der Waals surface area contributed by atoms with Crippen LogP contribution < -0.4 is 0 Å². The Morgan fingerprint density at radius 2 is 2.33 bits per heavy atom. The molecule has 0 amide bonds. The average molecular weight is 340 g/mol. The third-order valence-corrected chi connectivity index (χ3v) is 6.10. The Morgan fingerprint density at radius 1 is 1.33 bits per heavy atom. The first-order valence-electron chi connectivity index (χ1n) is 8.75. The molecule has 2 aromatic rings. The fourth-order valence-electron chi connectivity index (χ4n) is 4.05. The van der Waals surface area contributed by atoms with Crippen LogP contribution in [0.3, 0.4) is 0 Å². The van der Waals surface area contributed by atoms with Gasteiger partial charge in [-0.2, -0.15) is 11.3 Å². The second-order valence-corrected chi connectivity index (χ2v) is 7.78. The van der Waals surface area contributed by atoms with Crippen molar-refractivity contribution in [3.8, 4) is 0 Å². The van der Waals surface area contributed by atoms with Gasteiger partial charge >= 0.3 is 0 Å². The lowest BCUT2D eigenvalue weighted by atomic mass is 9.76. The van der Waals surface area contributed by atoms with E-state index in [1.165, 1.54) is 24.0 Å². The highest BCUT2D eigenvalue weighted by Gasteiger charge is 2.44. The van der Waals surface area contributed by atoms with E-state index < -0.39 is 0 Å². The zero-order chi connectivity index (χ0) is 16.2. The first-order chi connectivity index (χ1) is 11.8. The lowest BCUT2D eigenvalue weighted by molar-refractivity contribution is 0.0153. The van der Waals surface area contributed by atoms with Gasteiger partial charge in [-0.3, -0.25) is 9.88 Å². The fourth-order valence-corrected chi connectivity index (χ4v) is 4.75. The molecule has 0 saturated carbocycles. The summed E-state index contributed by atoms with van der Waals surface area (Å²) in [5.74, 6) is 0. The highest BCUT2D eigenvalue weighted by atomic mass is 32.1. The van der Waals surface area contributed by atoms with Gasteiger partial charge in [0.1, 0.15) is 0 Å². The van der Waals surface area contributed by atoms with Crippen LogP contribution in [-0.2, 0) is 17.7 Å². The molecular weight excluding hydrogens is 316 g/mol. The SMILES string of the molecule is C1=CC(C2(CCc3ccsc3)CCN(Cc3cccnc3)C2)OC1. The molecule has 4 rings (SSSR count). The molecule has 3 nitrogen and oxygen atoms in total. The summed E-state index contributed by atoms with van der Waals surface area (Å²) in [6.45, 7) is 4.02. The molecule has 0 bridgehead atoms. The van der Waals surface area contributed by atoms with Crippen molar-refractivity contribution >= 4 is 11.3 Å². The van der Waals surface area contributed by atoms with Gasteiger partial charge in [-0.25, -0.2) is 0 Å². The molecule has 24 heavy (non-hydrogen) atoms. The minimum Gasteiger partial charge on any atom is -0.369 e. The van der Waals surface area contributed by atoms with Gasteiger partial charge in [0.05, 0.1) is 12.7 Å². The van der Waals surface area contributed by atoms with Gasteiger partial charge in [0, 0.05) is 30.9 Å². The Balaban J connectivity index is 1.46. The van der Waals surface area contributed by atoms with E-state index in [4.69, 9.17) is 4.74 Å². The highest BCUT2D eigenvalue weighted by Crippen LogP contribution is 2.42. The van der Waals surface area contributed by atoms with E-state index in [1.54, 1.807) is 11.3 Å². The van der Waals surface area contributed by atoms with Gasteiger partial charge in [-0.05, 0) is 59.8 Å². The van der Waals surface area contributed by atoms with Crippen LogP contribution in [0.1, 0.15) is 24.0 Å². The van der Waals surface area contributed by atoms with Crippen molar-refractivity contribution in [2.24, 2.45) is 5.41 Å². The fraction of sp³-hybridized carbons (Fsp3) is 0.450. The Labute approximate surface area is 148 Å². The zero-order valence-electron chi connectivity index (χ0n) is 13.9. The van der Waals surface area contributed by atoms with Gasteiger partial charge in [-0.15, -0.1) is 0 Å². The van der Waals surface area contributed by atoms with E-state index in [0.717, 1.165) is 32.7 Å². The Bertz CT molecular complexity index is 670. The summed E-state index contributed by atoms with van der Waals surface area (Å²) in [4.78, 5) is 6.82. The second-order valence-electron chi connectivity index (χ2n) is 7.00. The number of nitrogens with zero attached hydrogens (tertiary/aromatic N) is 2. The molecule has 1 fully saturated rings. The number of aryl methyl sites for hydroxylation is 1. The van der Waals surface area contributed by atoms with E-state index in [1.807, 2.05) is 18.5 Å². The third kappa shape index (κ3) is 3.46. The number of hydrogen-bond acceptors (Lipinski definition) is 4. The van der Waals surface area contributed by atoms with Crippen LogP contribution in [0.2, 0.25) is 0 Å². The van der Waals surface area contributed by atoms with Crippen molar-refractivity contribution in [1.82, 2.24) is 9.88 Å². The average Bonchev–Trinajstić information content (AvgIpc) is 3.36. The first kappa shape index (κ1) is 16.0. The molecule has 2 aromatic heterocycles. The Hall–Kier alpha value is -1.49. The van der Waals surface area contributed by atoms with Crippen molar-refractivity contribution < 1.29 is 4.74 Å². The minimum atomic E-state index is 0.247. The minimum absolute atomic E-state index is 0.247. The van der Waals surface area contributed by atoms with Crippen LogP contribution in [0, 0.1) is 5.41 Å². The van der Waals surface area contributed by atoms with Crippen molar-refractivity contribution in [2.45, 2.75) is 31.9 Å². The van der Waals surface area contributed by atoms with Crippen molar-refractivity contribution in [2.75, 3.05) is 19.7 Å². The standard InChI is InChI=1S/C20H24N2OS/c1-3-18(13-21-9-1)14-22-10-8-20(16-22,19-4-2-11-23-19)7-5-17-6-12-24-15-17/h1-4,6,9,12-13,15,19H,5,7-8,10-11,14,16H2.